The number of carbonyl (C=O) groups excluding carboxylic acids is 1. The van der Waals surface area contributed by atoms with E-state index in [0.29, 0.717) is 17.8 Å². The first-order valence-electron chi connectivity index (χ1n) is 5.79. The van der Waals surface area contributed by atoms with E-state index in [1.165, 1.54) is 0 Å². The molecule has 1 rings (SSSR count). The SMILES string of the molecule is CCS(=O)(=O)CCCC(=O)Nc1ccc(N)cc1. The van der Waals surface area contributed by atoms with Crippen molar-refractivity contribution in [2.75, 3.05) is 22.6 Å². The van der Waals surface area contributed by atoms with Crippen LogP contribution in [0.25, 0.3) is 0 Å². The Labute approximate surface area is 107 Å². The van der Waals surface area contributed by atoms with E-state index >= 15 is 0 Å². The molecule has 100 valence electrons. The van der Waals surface area contributed by atoms with Gasteiger partial charge in [-0.3, -0.25) is 4.79 Å². The molecule has 0 radical (unpaired) electrons. The summed E-state index contributed by atoms with van der Waals surface area (Å²) in [6.45, 7) is 1.60. The Morgan fingerprint density at radius 1 is 1.28 bits per heavy atom. The number of rotatable bonds is 6. The quantitative estimate of drug-likeness (QED) is 0.765. The molecule has 0 bridgehead atoms. The van der Waals surface area contributed by atoms with Gasteiger partial charge in [0.2, 0.25) is 5.91 Å². The Bertz CT molecular complexity index is 495. The molecule has 0 saturated carbocycles. The molecular weight excluding hydrogens is 252 g/mol. The number of nitrogens with one attached hydrogen (secondary N) is 1. The molecule has 0 heterocycles. The minimum atomic E-state index is -2.99. The fourth-order valence-corrected chi connectivity index (χ4v) is 2.26. The molecule has 1 aromatic rings. The highest BCUT2D eigenvalue weighted by Gasteiger charge is 2.09. The first kappa shape index (κ1) is 14.5. The molecule has 0 aliphatic carbocycles. The van der Waals surface area contributed by atoms with E-state index in [9.17, 15) is 13.2 Å². The number of amides is 1. The van der Waals surface area contributed by atoms with E-state index in [2.05, 4.69) is 5.32 Å². The largest absolute Gasteiger partial charge is 0.399 e. The van der Waals surface area contributed by atoms with Crippen LogP contribution >= 0.6 is 0 Å². The average molecular weight is 270 g/mol. The van der Waals surface area contributed by atoms with Gasteiger partial charge in [0, 0.05) is 23.5 Å². The number of hydrogen-bond acceptors (Lipinski definition) is 4. The molecule has 0 unspecified atom stereocenters. The van der Waals surface area contributed by atoms with E-state index in [-0.39, 0.29) is 23.8 Å². The van der Waals surface area contributed by atoms with Crippen molar-refractivity contribution in [3.8, 4) is 0 Å². The van der Waals surface area contributed by atoms with Gasteiger partial charge >= 0.3 is 0 Å². The first-order chi connectivity index (χ1) is 8.43. The molecule has 18 heavy (non-hydrogen) atoms. The zero-order valence-electron chi connectivity index (χ0n) is 10.3. The van der Waals surface area contributed by atoms with Crippen molar-refractivity contribution in [1.82, 2.24) is 0 Å². The molecule has 1 aromatic carbocycles. The topological polar surface area (TPSA) is 89.3 Å². The van der Waals surface area contributed by atoms with Gasteiger partial charge in [-0.05, 0) is 30.7 Å². The molecule has 0 atom stereocenters. The fourth-order valence-electron chi connectivity index (χ4n) is 1.39. The van der Waals surface area contributed by atoms with E-state index in [1.807, 2.05) is 0 Å². The normalized spacial score (nSPS) is 11.2. The summed E-state index contributed by atoms with van der Waals surface area (Å²) in [4.78, 5) is 11.5. The number of carbonyl (C=O) groups is 1. The molecule has 1 amide bonds. The zero-order chi connectivity index (χ0) is 13.6. The van der Waals surface area contributed by atoms with Crippen molar-refractivity contribution in [2.45, 2.75) is 19.8 Å². The van der Waals surface area contributed by atoms with Crippen LogP contribution in [-0.2, 0) is 14.6 Å². The molecule has 0 fully saturated rings. The standard InChI is InChI=1S/C12H18N2O3S/c1-2-18(16,17)9-3-4-12(15)14-11-7-5-10(13)6-8-11/h5-8H,2-4,9,13H2,1H3,(H,14,15). The lowest BCUT2D eigenvalue weighted by atomic mass is 10.2. The van der Waals surface area contributed by atoms with Gasteiger partial charge in [0.05, 0.1) is 5.75 Å². The van der Waals surface area contributed by atoms with Crippen molar-refractivity contribution in [2.24, 2.45) is 0 Å². The number of nitrogens with two attached hydrogens (primary N) is 1. The maximum absolute atomic E-state index is 11.5. The number of nitrogen functional groups attached to an aromatic ring is 1. The van der Waals surface area contributed by atoms with Crippen LogP contribution in [0.3, 0.4) is 0 Å². The number of sulfone groups is 1. The summed E-state index contributed by atoms with van der Waals surface area (Å²) in [7, 11) is -2.99. The second kappa shape index (κ2) is 6.39. The molecule has 0 spiro atoms. The minimum absolute atomic E-state index is 0.0542. The molecule has 3 N–H and O–H groups in total. The third kappa shape index (κ3) is 5.18. The average Bonchev–Trinajstić information content (AvgIpc) is 2.32. The van der Waals surface area contributed by atoms with Crippen molar-refractivity contribution < 1.29 is 13.2 Å². The van der Waals surface area contributed by atoms with Crippen LogP contribution in [0, 0.1) is 0 Å². The van der Waals surface area contributed by atoms with Crippen LogP contribution in [0.5, 0.6) is 0 Å². The maximum Gasteiger partial charge on any atom is 0.224 e. The lowest BCUT2D eigenvalue weighted by Gasteiger charge is -2.05. The summed E-state index contributed by atoms with van der Waals surface area (Å²) >= 11 is 0. The second-order valence-corrected chi connectivity index (χ2v) is 6.48. The summed E-state index contributed by atoms with van der Waals surface area (Å²) in [6.07, 6.45) is 0.542. The number of hydrogen-bond donors (Lipinski definition) is 2. The second-order valence-electron chi connectivity index (χ2n) is 4.01. The van der Waals surface area contributed by atoms with Gasteiger partial charge in [0.15, 0.2) is 0 Å². The highest BCUT2D eigenvalue weighted by Crippen LogP contribution is 2.11. The summed E-state index contributed by atoms with van der Waals surface area (Å²) in [5.74, 6) is -0.0170. The Morgan fingerprint density at radius 2 is 1.89 bits per heavy atom. The van der Waals surface area contributed by atoms with Gasteiger partial charge in [-0.25, -0.2) is 8.42 Å². The van der Waals surface area contributed by atoms with Gasteiger partial charge < -0.3 is 11.1 Å². The van der Waals surface area contributed by atoms with Gasteiger partial charge in [0.25, 0.3) is 0 Å². The van der Waals surface area contributed by atoms with Crippen LogP contribution < -0.4 is 11.1 Å². The molecule has 0 aromatic heterocycles. The number of anilines is 2. The van der Waals surface area contributed by atoms with Crippen molar-refractivity contribution >= 4 is 27.1 Å². The van der Waals surface area contributed by atoms with Gasteiger partial charge in [-0.1, -0.05) is 6.92 Å². The fraction of sp³-hybridized carbons (Fsp3) is 0.417. The van der Waals surface area contributed by atoms with Crippen LogP contribution in [-0.4, -0.2) is 25.8 Å². The van der Waals surface area contributed by atoms with E-state index in [4.69, 9.17) is 5.73 Å². The minimum Gasteiger partial charge on any atom is -0.399 e. The molecule has 6 heteroatoms. The Hall–Kier alpha value is -1.56. The molecule has 5 nitrogen and oxygen atoms in total. The van der Waals surface area contributed by atoms with Gasteiger partial charge in [-0.2, -0.15) is 0 Å². The smallest absolute Gasteiger partial charge is 0.224 e. The highest BCUT2D eigenvalue weighted by molar-refractivity contribution is 7.91. The van der Waals surface area contributed by atoms with E-state index in [0.717, 1.165) is 0 Å². The summed E-state index contributed by atoms with van der Waals surface area (Å²) in [5.41, 5.74) is 6.81. The van der Waals surface area contributed by atoms with Crippen molar-refractivity contribution in [3.05, 3.63) is 24.3 Å². The summed E-state index contributed by atoms with van der Waals surface area (Å²) < 4.78 is 22.5. The lowest BCUT2D eigenvalue weighted by Crippen LogP contribution is -2.15. The monoisotopic (exact) mass is 270 g/mol. The predicted molar refractivity (Wildman–Crippen MR) is 73.0 cm³/mol. The first-order valence-corrected chi connectivity index (χ1v) is 7.61. The maximum atomic E-state index is 11.5. The van der Waals surface area contributed by atoms with Crippen LogP contribution in [0.4, 0.5) is 11.4 Å². The van der Waals surface area contributed by atoms with Crippen LogP contribution in [0.15, 0.2) is 24.3 Å². The molecule has 0 saturated heterocycles. The summed E-state index contributed by atoms with van der Waals surface area (Å²) in [5, 5.41) is 2.68. The Kier molecular flexibility index (Phi) is 5.15. The van der Waals surface area contributed by atoms with Crippen LogP contribution in [0.1, 0.15) is 19.8 Å². The lowest BCUT2D eigenvalue weighted by molar-refractivity contribution is -0.116. The van der Waals surface area contributed by atoms with Gasteiger partial charge in [0.1, 0.15) is 9.84 Å². The molecular formula is C12H18N2O3S. The third-order valence-corrected chi connectivity index (χ3v) is 4.28. The molecule has 0 aliphatic rings. The van der Waals surface area contributed by atoms with E-state index < -0.39 is 9.84 Å². The van der Waals surface area contributed by atoms with Crippen LogP contribution in [0.2, 0.25) is 0 Å². The molecule has 0 aliphatic heterocycles. The third-order valence-electron chi connectivity index (χ3n) is 2.49. The van der Waals surface area contributed by atoms with Crippen molar-refractivity contribution in [1.29, 1.82) is 0 Å². The number of benzene rings is 1. The predicted octanol–water partition coefficient (Wildman–Crippen LogP) is 1.42. The summed E-state index contributed by atoms with van der Waals surface area (Å²) in [6, 6.07) is 6.79. The van der Waals surface area contributed by atoms with Gasteiger partial charge in [-0.15, -0.1) is 0 Å². The zero-order valence-corrected chi connectivity index (χ0v) is 11.2. The van der Waals surface area contributed by atoms with Crippen molar-refractivity contribution in [3.63, 3.8) is 0 Å². The Morgan fingerprint density at radius 3 is 2.44 bits per heavy atom. The Balaban J connectivity index is 2.36. The highest BCUT2D eigenvalue weighted by atomic mass is 32.2. The van der Waals surface area contributed by atoms with E-state index in [1.54, 1.807) is 31.2 Å².